The van der Waals surface area contributed by atoms with E-state index in [0.717, 1.165) is 31.0 Å². The van der Waals surface area contributed by atoms with Crippen molar-refractivity contribution in [2.24, 2.45) is 5.92 Å². The maximum atomic E-state index is 12.9. The van der Waals surface area contributed by atoms with Gasteiger partial charge in [0, 0.05) is 24.1 Å². The molecule has 1 aromatic rings. The fourth-order valence-corrected chi connectivity index (χ4v) is 1.67. The number of amides is 1. The monoisotopic (exact) mass is 275 g/mol. The van der Waals surface area contributed by atoms with Gasteiger partial charge in [-0.05, 0) is 30.9 Å². The third kappa shape index (κ3) is 5.00. The molecule has 100 valence electrons. The van der Waals surface area contributed by atoms with Gasteiger partial charge in [-0.1, -0.05) is 6.92 Å². The van der Waals surface area contributed by atoms with E-state index >= 15 is 0 Å². The summed E-state index contributed by atoms with van der Waals surface area (Å²) >= 11 is 5.65. The van der Waals surface area contributed by atoms with Gasteiger partial charge in [-0.25, -0.2) is 8.78 Å². The van der Waals surface area contributed by atoms with Crippen molar-refractivity contribution in [3.63, 3.8) is 0 Å². The zero-order valence-electron chi connectivity index (χ0n) is 10.2. The van der Waals surface area contributed by atoms with Crippen LogP contribution in [0.3, 0.4) is 0 Å². The van der Waals surface area contributed by atoms with Gasteiger partial charge in [0.25, 0.3) is 5.91 Å². The van der Waals surface area contributed by atoms with Crippen LogP contribution >= 0.6 is 11.6 Å². The van der Waals surface area contributed by atoms with Gasteiger partial charge < -0.3 is 5.32 Å². The smallest absolute Gasteiger partial charge is 0.251 e. The highest BCUT2D eigenvalue weighted by Gasteiger charge is 2.08. The minimum Gasteiger partial charge on any atom is -0.352 e. The van der Waals surface area contributed by atoms with Gasteiger partial charge in [-0.2, -0.15) is 0 Å². The molecule has 1 unspecified atom stereocenters. The van der Waals surface area contributed by atoms with E-state index in [-0.39, 0.29) is 5.56 Å². The number of benzene rings is 1. The Morgan fingerprint density at radius 2 is 1.94 bits per heavy atom. The third-order valence-corrected chi connectivity index (χ3v) is 3.07. The van der Waals surface area contributed by atoms with Gasteiger partial charge in [0.1, 0.15) is 11.6 Å². The van der Waals surface area contributed by atoms with Gasteiger partial charge in [-0.15, -0.1) is 11.6 Å². The van der Waals surface area contributed by atoms with E-state index in [2.05, 4.69) is 5.32 Å². The summed E-state index contributed by atoms with van der Waals surface area (Å²) in [5.74, 6) is -0.989. The molecule has 1 amide bonds. The summed E-state index contributed by atoms with van der Waals surface area (Å²) in [6.45, 7) is 2.50. The van der Waals surface area contributed by atoms with Gasteiger partial charge in [0.05, 0.1) is 0 Å². The Bertz CT molecular complexity index is 392. The summed E-state index contributed by atoms with van der Waals surface area (Å²) in [4.78, 5) is 11.6. The normalized spacial score (nSPS) is 12.2. The van der Waals surface area contributed by atoms with Gasteiger partial charge in [0.15, 0.2) is 0 Å². The summed E-state index contributed by atoms with van der Waals surface area (Å²) in [6.07, 6.45) is 1.69. The molecule has 2 nitrogen and oxygen atoms in total. The number of carbonyl (C=O) groups is 1. The average molecular weight is 276 g/mol. The van der Waals surface area contributed by atoms with E-state index in [1.54, 1.807) is 0 Å². The number of hydrogen-bond donors (Lipinski definition) is 1. The average Bonchev–Trinajstić information content (AvgIpc) is 2.32. The molecule has 5 heteroatoms. The molecule has 0 radical (unpaired) electrons. The number of rotatable bonds is 6. The predicted molar refractivity (Wildman–Crippen MR) is 67.8 cm³/mol. The molecule has 0 fully saturated rings. The molecule has 0 aliphatic carbocycles. The first-order valence-electron chi connectivity index (χ1n) is 5.83. The SMILES string of the molecule is CC(CCl)CCCNC(=O)c1cc(F)cc(F)c1. The summed E-state index contributed by atoms with van der Waals surface area (Å²) in [5.41, 5.74) is -0.00195. The van der Waals surface area contributed by atoms with Crippen LogP contribution in [-0.4, -0.2) is 18.3 Å². The molecule has 0 spiro atoms. The van der Waals surface area contributed by atoms with Crippen molar-refractivity contribution in [1.82, 2.24) is 5.32 Å². The van der Waals surface area contributed by atoms with E-state index < -0.39 is 17.5 Å². The van der Waals surface area contributed by atoms with Gasteiger partial charge in [0.2, 0.25) is 0 Å². The fraction of sp³-hybridized carbons (Fsp3) is 0.462. The van der Waals surface area contributed by atoms with Crippen LogP contribution in [0.25, 0.3) is 0 Å². The first kappa shape index (κ1) is 14.9. The van der Waals surface area contributed by atoms with E-state index in [0.29, 0.717) is 18.3 Å². The van der Waals surface area contributed by atoms with Crippen LogP contribution in [0.15, 0.2) is 18.2 Å². The zero-order valence-corrected chi connectivity index (χ0v) is 10.9. The molecule has 0 aromatic heterocycles. The Kier molecular flexibility index (Phi) is 6.05. The second-order valence-electron chi connectivity index (χ2n) is 4.32. The van der Waals surface area contributed by atoms with Crippen molar-refractivity contribution in [1.29, 1.82) is 0 Å². The first-order valence-corrected chi connectivity index (χ1v) is 6.36. The van der Waals surface area contributed by atoms with Crippen LogP contribution in [0.2, 0.25) is 0 Å². The van der Waals surface area contributed by atoms with Crippen molar-refractivity contribution >= 4 is 17.5 Å². The Balaban J connectivity index is 2.41. The fourth-order valence-electron chi connectivity index (χ4n) is 1.52. The van der Waals surface area contributed by atoms with Crippen LogP contribution in [0, 0.1) is 17.6 Å². The molecule has 0 aliphatic heterocycles. The molecule has 0 saturated carbocycles. The first-order chi connectivity index (χ1) is 8.52. The maximum Gasteiger partial charge on any atom is 0.251 e. The molecule has 0 saturated heterocycles. The van der Waals surface area contributed by atoms with Gasteiger partial charge >= 0.3 is 0 Å². The lowest BCUT2D eigenvalue weighted by Gasteiger charge is -2.08. The van der Waals surface area contributed by atoms with E-state index in [4.69, 9.17) is 11.6 Å². The zero-order chi connectivity index (χ0) is 13.5. The van der Waals surface area contributed by atoms with E-state index in [1.165, 1.54) is 0 Å². The van der Waals surface area contributed by atoms with Crippen molar-refractivity contribution in [3.05, 3.63) is 35.4 Å². The Hall–Kier alpha value is -1.16. The predicted octanol–water partition coefficient (Wildman–Crippen LogP) is 3.35. The molecule has 18 heavy (non-hydrogen) atoms. The molecular weight excluding hydrogens is 260 g/mol. The minimum absolute atomic E-state index is 0.00195. The highest BCUT2D eigenvalue weighted by atomic mass is 35.5. The Labute approximate surface area is 110 Å². The highest BCUT2D eigenvalue weighted by Crippen LogP contribution is 2.09. The highest BCUT2D eigenvalue weighted by molar-refractivity contribution is 6.18. The van der Waals surface area contributed by atoms with Crippen molar-refractivity contribution in [2.45, 2.75) is 19.8 Å². The lowest BCUT2D eigenvalue weighted by Crippen LogP contribution is -2.25. The van der Waals surface area contributed by atoms with Gasteiger partial charge in [-0.3, -0.25) is 4.79 Å². The second kappa shape index (κ2) is 7.31. The van der Waals surface area contributed by atoms with Crippen molar-refractivity contribution in [2.75, 3.05) is 12.4 Å². The molecule has 1 aromatic carbocycles. The number of carbonyl (C=O) groups excluding carboxylic acids is 1. The second-order valence-corrected chi connectivity index (χ2v) is 4.62. The van der Waals surface area contributed by atoms with Crippen molar-refractivity contribution < 1.29 is 13.6 Å². The minimum atomic E-state index is -0.754. The lowest BCUT2D eigenvalue weighted by molar-refractivity contribution is 0.0951. The summed E-state index contributed by atoms with van der Waals surface area (Å²) in [6, 6.07) is 2.76. The lowest BCUT2D eigenvalue weighted by atomic mass is 10.1. The quantitative estimate of drug-likeness (QED) is 0.626. The molecule has 0 aliphatic rings. The summed E-state index contributed by atoms with van der Waals surface area (Å²) in [7, 11) is 0. The topological polar surface area (TPSA) is 29.1 Å². The van der Waals surface area contributed by atoms with E-state index in [1.807, 2.05) is 6.92 Å². The Morgan fingerprint density at radius 3 is 2.50 bits per heavy atom. The molecule has 0 heterocycles. The number of alkyl halides is 1. The number of hydrogen-bond acceptors (Lipinski definition) is 1. The largest absolute Gasteiger partial charge is 0.352 e. The van der Waals surface area contributed by atoms with Crippen LogP contribution < -0.4 is 5.32 Å². The molecule has 1 atom stereocenters. The van der Waals surface area contributed by atoms with Crippen LogP contribution in [0.4, 0.5) is 8.78 Å². The van der Waals surface area contributed by atoms with Crippen LogP contribution in [0.5, 0.6) is 0 Å². The standard InChI is InChI=1S/C13H16ClF2NO/c1-9(8-14)3-2-4-17-13(18)10-5-11(15)7-12(16)6-10/h5-7,9H,2-4,8H2,1H3,(H,17,18). The van der Waals surface area contributed by atoms with Crippen LogP contribution in [-0.2, 0) is 0 Å². The molecule has 1 rings (SSSR count). The summed E-state index contributed by atoms with van der Waals surface area (Å²) < 4.78 is 25.8. The van der Waals surface area contributed by atoms with E-state index in [9.17, 15) is 13.6 Å². The summed E-state index contributed by atoms with van der Waals surface area (Å²) in [5, 5.41) is 2.62. The third-order valence-electron chi connectivity index (χ3n) is 2.55. The van der Waals surface area contributed by atoms with Crippen LogP contribution in [0.1, 0.15) is 30.1 Å². The van der Waals surface area contributed by atoms with Crippen molar-refractivity contribution in [3.8, 4) is 0 Å². The number of halogens is 3. The molecule has 0 bridgehead atoms. The maximum absolute atomic E-state index is 12.9. The number of nitrogens with one attached hydrogen (secondary N) is 1. The Morgan fingerprint density at radius 1 is 1.33 bits per heavy atom. The molecular formula is C13H16ClF2NO. The molecule has 1 N–H and O–H groups in total.